The van der Waals surface area contributed by atoms with E-state index in [0.717, 1.165) is 17.0 Å². The summed E-state index contributed by atoms with van der Waals surface area (Å²) >= 11 is 11.5. The van der Waals surface area contributed by atoms with Crippen LogP contribution in [0.4, 0.5) is 11.5 Å². The second-order valence-corrected chi connectivity index (χ2v) is 11.6. The first-order valence-corrected chi connectivity index (χ1v) is 14.9. The van der Waals surface area contributed by atoms with Gasteiger partial charge in [-0.05, 0) is 52.0 Å². The van der Waals surface area contributed by atoms with Crippen molar-refractivity contribution in [3.8, 4) is 5.75 Å². The van der Waals surface area contributed by atoms with Gasteiger partial charge >= 0.3 is 7.60 Å². The highest BCUT2D eigenvalue weighted by Crippen LogP contribution is 2.34. The molecule has 15 heteroatoms. The number of fused-ring (bicyclic) bond motifs is 1. The summed E-state index contributed by atoms with van der Waals surface area (Å²) in [6.45, 7) is 8.46. The highest BCUT2D eigenvalue weighted by molar-refractivity contribution is 7.81. The topological polar surface area (TPSA) is 171 Å². The third kappa shape index (κ3) is 9.92. The third-order valence-corrected chi connectivity index (χ3v) is 6.55. The minimum Gasteiger partial charge on any atom is -0.488 e. The van der Waals surface area contributed by atoms with Crippen molar-refractivity contribution in [2.24, 2.45) is 0 Å². The van der Waals surface area contributed by atoms with E-state index in [4.69, 9.17) is 53.2 Å². The molecule has 1 atom stereocenters. The van der Waals surface area contributed by atoms with Crippen LogP contribution in [0.5, 0.6) is 5.75 Å². The van der Waals surface area contributed by atoms with Crippen molar-refractivity contribution >= 4 is 59.1 Å². The number of anilines is 2. The predicted octanol–water partition coefficient (Wildman–Crippen LogP) is 5.32. The number of aromatic nitrogens is 4. The Morgan fingerprint density at radius 3 is 2.71 bits per heavy atom. The Hall–Kier alpha value is -3.32. The van der Waals surface area contributed by atoms with Crippen molar-refractivity contribution in [1.82, 2.24) is 19.5 Å². The van der Waals surface area contributed by atoms with Crippen LogP contribution in [0.2, 0.25) is 5.02 Å². The van der Waals surface area contributed by atoms with Crippen LogP contribution in [0, 0.1) is 6.92 Å². The molecule has 5 N–H and O–H groups in total. The number of halogens is 1. The standard InChI is InChI=1S/C17H18ClNO2S.C9H14N5O4P/c1-11(2)6-8-21-16-10-13(4-5-15(16)18)19-17(22)14-7-9-20-12(14)3;1-6(18-5-19(15,16)17)2-14-4-13-7-8(10)11-3-12-9(7)14/h4-7,9-10H,8H2,1-3H3,(H,19,22);3-4,6H,2,5H2,1H3,(H2,10,11,12)(H2,15,16,17)/t;6-/m.1/s1. The lowest BCUT2D eigenvalue weighted by molar-refractivity contribution is 0.0764. The number of allylic oxidation sites excluding steroid dienone is 1. The molecule has 4 rings (SSSR count). The average Bonchev–Trinajstić information content (AvgIpc) is 3.51. The zero-order chi connectivity index (χ0) is 30.2. The molecule has 1 aromatic carbocycles. The number of rotatable bonds is 10. The van der Waals surface area contributed by atoms with Crippen molar-refractivity contribution in [1.29, 1.82) is 0 Å². The number of benzene rings is 1. The fraction of sp³-hybridized carbons (Fsp3) is 0.308. The first kappa shape index (κ1) is 32.2. The Bertz CT molecular complexity index is 1570. The normalized spacial score (nSPS) is 11.9. The van der Waals surface area contributed by atoms with Crippen molar-refractivity contribution in [3.05, 3.63) is 71.2 Å². The smallest absolute Gasteiger partial charge is 0.350 e. The molecule has 0 saturated heterocycles. The second kappa shape index (κ2) is 14.5. The van der Waals surface area contributed by atoms with Gasteiger partial charge in [0.05, 0.1) is 35.8 Å². The number of imidazole rings is 1. The molecule has 3 heterocycles. The maximum Gasteiger partial charge on any atom is 0.350 e. The predicted molar refractivity (Wildman–Crippen MR) is 162 cm³/mol. The second-order valence-electron chi connectivity index (χ2n) is 9.18. The van der Waals surface area contributed by atoms with E-state index in [9.17, 15) is 4.57 Å². The van der Waals surface area contributed by atoms with Gasteiger partial charge in [0.1, 0.15) is 41.3 Å². The van der Waals surface area contributed by atoms with Gasteiger partial charge in [-0.15, -0.1) is 0 Å². The number of nitrogens with one attached hydrogen (secondary N) is 1. The fourth-order valence-corrected chi connectivity index (χ4v) is 4.35. The minimum atomic E-state index is -4.16. The van der Waals surface area contributed by atoms with Crippen LogP contribution < -0.4 is 15.8 Å². The molecule has 220 valence electrons. The van der Waals surface area contributed by atoms with Crippen LogP contribution in [0.25, 0.3) is 11.2 Å². The molecule has 0 saturated carbocycles. The van der Waals surface area contributed by atoms with Crippen LogP contribution in [0.15, 0.2) is 59.2 Å². The summed E-state index contributed by atoms with van der Waals surface area (Å²) in [6.07, 6.45) is 5.47. The number of nitrogen functional groups attached to an aromatic ring is 1. The zero-order valence-corrected chi connectivity index (χ0v) is 25.4. The Morgan fingerprint density at radius 1 is 1.29 bits per heavy atom. The lowest BCUT2D eigenvalue weighted by Crippen LogP contribution is -2.17. The molecule has 0 spiro atoms. The van der Waals surface area contributed by atoms with E-state index in [1.54, 1.807) is 23.8 Å². The summed E-state index contributed by atoms with van der Waals surface area (Å²) in [4.78, 5) is 30.0. The molecule has 0 fully saturated rings. The van der Waals surface area contributed by atoms with Crippen LogP contribution in [0.3, 0.4) is 0 Å². The molecule has 0 unspecified atom stereocenters. The number of nitrogens with two attached hydrogens (primary N) is 1. The van der Waals surface area contributed by atoms with Crippen LogP contribution in [-0.2, 0) is 15.8 Å². The Balaban J connectivity index is 0.000000228. The number of ether oxygens (including phenoxy) is 2. The van der Waals surface area contributed by atoms with E-state index < -0.39 is 20.0 Å². The SMILES string of the molecule is CC(C)=CCOc1cc(NC(=S)c2ccoc2C)ccc1Cl.C[C@H](Cn1cnc2c(N)ncnc21)OCP(=O)(O)O. The van der Waals surface area contributed by atoms with Gasteiger partial charge in [-0.1, -0.05) is 29.4 Å². The van der Waals surface area contributed by atoms with Crippen LogP contribution in [0.1, 0.15) is 32.1 Å². The van der Waals surface area contributed by atoms with Crippen molar-refractivity contribution < 1.29 is 28.2 Å². The van der Waals surface area contributed by atoms with E-state index in [-0.39, 0.29) is 5.82 Å². The lowest BCUT2D eigenvalue weighted by atomic mass is 10.2. The molecule has 4 aromatic rings. The Morgan fingerprint density at radius 2 is 2.05 bits per heavy atom. The molecular formula is C26H32ClN6O6PS. The van der Waals surface area contributed by atoms with Gasteiger partial charge in [0.25, 0.3) is 0 Å². The van der Waals surface area contributed by atoms with E-state index >= 15 is 0 Å². The minimum absolute atomic E-state index is 0.285. The monoisotopic (exact) mass is 622 g/mol. The largest absolute Gasteiger partial charge is 0.488 e. The molecule has 0 radical (unpaired) electrons. The quantitative estimate of drug-likeness (QED) is 0.102. The first-order chi connectivity index (χ1) is 19.3. The highest BCUT2D eigenvalue weighted by atomic mass is 35.5. The van der Waals surface area contributed by atoms with Crippen molar-refractivity contribution in [2.45, 2.75) is 40.3 Å². The van der Waals surface area contributed by atoms with E-state index in [1.807, 2.05) is 45.0 Å². The Kier molecular flexibility index (Phi) is 11.4. The first-order valence-electron chi connectivity index (χ1n) is 12.3. The van der Waals surface area contributed by atoms with Crippen LogP contribution in [-0.4, -0.2) is 53.4 Å². The van der Waals surface area contributed by atoms with Crippen molar-refractivity contribution in [2.75, 3.05) is 24.0 Å². The number of nitrogens with zero attached hydrogens (tertiary/aromatic N) is 4. The summed E-state index contributed by atoms with van der Waals surface area (Å²) in [7, 11) is -4.16. The van der Waals surface area contributed by atoms with Gasteiger partial charge < -0.3 is 39.3 Å². The molecule has 0 aliphatic heterocycles. The molecule has 0 amide bonds. The van der Waals surface area contributed by atoms with E-state index in [1.165, 1.54) is 18.2 Å². The summed E-state index contributed by atoms with van der Waals surface area (Å²) in [5.41, 5.74) is 9.59. The molecular weight excluding hydrogens is 591 g/mol. The lowest BCUT2D eigenvalue weighted by Gasteiger charge is -2.14. The molecule has 12 nitrogen and oxygen atoms in total. The van der Waals surface area contributed by atoms with Crippen LogP contribution >= 0.6 is 31.4 Å². The van der Waals surface area contributed by atoms with Gasteiger partial charge in [-0.25, -0.2) is 15.0 Å². The van der Waals surface area contributed by atoms with Gasteiger partial charge in [0, 0.05) is 11.8 Å². The van der Waals surface area contributed by atoms with Crippen molar-refractivity contribution in [3.63, 3.8) is 0 Å². The number of furan rings is 1. The average molecular weight is 623 g/mol. The number of hydrogen-bond donors (Lipinski definition) is 4. The van der Waals surface area contributed by atoms with Gasteiger partial charge in [0.2, 0.25) is 0 Å². The maximum absolute atomic E-state index is 10.7. The van der Waals surface area contributed by atoms with Gasteiger partial charge in [-0.3, -0.25) is 4.57 Å². The zero-order valence-electron chi connectivity index (χ0n) is 22.9. The number of thiocarbonyl (C=S) groups is 1. The molecule has 41 heavy (non-hydrogen) atoms. The molecule has 3 aromatic heterocycles. The summed E-state index contributed by atoms with van der Waals surface area (Å²) in [5, 5.41) is 3.74. The summed E-state index contributed by atoms with van der Waals surface area (Å²) < 4.78 is 28.4. The molecule has 0 aliphatic carbocycles. The van der Waals surface area contributed by atoms with Gasteiger partial charge in [0.15, 0.2) is 11.5 Å². The Labute approximate surface area is 247 Å². The summed E-state index contributed by atoms with van der Waals surface area (Å²) in [5.74, 6) is 1.69. The van der Waals surface area contributed by atoms with Gasteiger partial charge in [-0.2, -0.15) is 0 Å². The molecule has 0 bridgehead atoms. The fourth-order valence-electron chi connectivity index (χ4n) is 3.40. The van der Waals surface area contributed by atoms with E-state index in [2.05, 4.69) is 20.3 Å². The highest BCUT2D eigenvalue weighted by Gasteiger charge is 2.17. The summed E-state index contributed by atoms with van der Waals surface area (Å²) in [6, 6.07) is 7.32. The number of hydrogen-bond acceptors (Lipinski definition) is 9. The number of aryl methyl sites for hydroxylation is 1. The maximum atomic E-state index is 10.7. The molecule has 0 aliphatic rings. The van der Waals surface area contributed by atoms with E-state index in [0.29, 0.717) is 40.1 Å². The third-order valence-electron chi connectivity index (χ3n) is 5.43.